The third-order valence-electron chi connectivity index (χ3n) is 5.18. The molecule has 0 spiro atoms. The number of anilines is 1. The second-order valence-electron chi connectivity index (χ2n) is 7.84. The van der Waals surface area contributed by atoms with Gasteiger partial charge < -0.3 is 26.2 Å². The van der Waals surface area contributed by atoms with Crippen LogP contribution in [-0.4, -0.2) is 54.2 Å². The average molecular weight is 472 g/mol. The third kappa shape index (κ3) is 6.29. The normalized spacial score (nSPS) is 16.0. The molecule has 3 rings (SSSR count). The van der Waals surface area contributed by atoms with E-state index >= 15 is 0 Å². The van der Waals surface area contributed by atoms with Crippen LogP contribution in [-0.2, 0) is 25.7 Å². The summed E-state index contributed by atoms with van der Waals surface area (Å²) in [5.74, 6) is -2.50. The number of hydrogen-bond acceptors (Lipinski definition) is 6. The van der Waals surface area contributed by atoms with Gasteiger partial charge in [-0.1, -0.05) is 24.3 Å². The van der Waals surface area contributed by atoms with Crippen LogP contribution in [0.1, 0.15) is 18.9 Å². The van der Waals surface area contributed by atoms with Crippen molar-refractivity contribution >= 4 is 29.6 Å². The predicted octanol–water partition coefficient (Wildman–Crippen LogP) is 1.37. The summed E-state index contributed by atoms with van der Waals surface area (Å²) in [6.07, 6.45) is -1.60. The maximum atomic E-state index is 14.9. The van der Waals surface area contributed by atoms with E-state index in [1.807, 2.05) is 0 Å². The van der Waals surface area contributed by atoms with Gasteiger partial charge in [-0.2, -0.15) is 0 Å². The molecular weight excluding hydrogens is 447 g/mol. The minimum atomic E-state index is -1.16. The molecule has 0 radical (unpaired) electrons. The number of nitrogens with zero attached hydrogens (tertiary/aromatic N) is 1. The molecule has 1 aliphatic rings. The molecule has 2 aromatic carbocycles. The fraction of sp³-hybridized carbons (Fsp3) is 0.304. The van der Waals surface area contributed by atoms with E-state index in [1.165, 1.54) is 17.9 Å². The molecule has 5 N–H and O–H groups in total. The maximum Gasteiger partial charge on any atom is 0.414 e. The summed E-state index contributed by atoms with van der Waals surface area (Å²) < 4.78 is 20.1. The Morgan fingerprint density at radius 2 is 1.91 bits per heavy atom. The minimum absolute atomic E-state index is 0.143. The second-order valence-corrected chi connectivity index (χ2v) is 7.84. The van der Waals surface area contributed by atoms with Crippen LogP contribution in [0, 0.1) is 5.82 Å². The van der Waals surface area contributed by atoms with Crippen molar-refractivity contribution < 1.29 is 33.4 Å². The largest absolute Gasteiger partial charge is 0.481 e. The van der Waals surface area contributed by atoms with E-state index in [1.54, 1.807) is 36.4 Å². The Bertz CT molecular complexity index is 1090. The number of cyclic esters (lactones) is 1. The maximum absolute atomic E-state index is 14.9. The molecule has 180 valence electrons. The molecule has 3 amide bonds. The standard InChI is InChI=1S/C23H25FN4O6/c1-13(29)26-11-17-12-28(23(33)34-17)16-6-7-18(19(24)8-16)15-4-2-14(3-5-15)10-27-22(32)20(25)9-21(30)31/h2-8,17,20H,9-12,25H2,1H3,(H,26,29)(H,27,32)(H,30,31)/t17-,20-/m0/s1. The van der Waals surface area contributed by atoms with Crippen molar-refractivity contribution in [3.05, 3.63) is 53.8 Å². The summed E-state index contributed by atoms with van der Waals surface area (Å²) in [4.78, 5) is 47.0. The van der Waals surface area contributed by atoms with Gasteiger partial charge in [-0.15, -0.1) is 0 Å². The Hall–Kier alpha value is -3.99. The lowest BCUT2D eigenvalue weighted by molar-refractivity contribution is -0.139. The van der Waals surface area contributed by atoms with Crippen molar-refractivity contribution in [2.45, 2.75) is 32.0 Å². The topological polar surface area (TPSA) is 151 Å². The molecule has 34 heavy (non-hydrogen) atoms. The molecule has 1 saturated heterocycles. The van der Waals surface area contributed by atoms with Crippen LogP contribution in [0.3, 0.4) is 0 Å². The van der Waals surface area contributed by atoms with Gasteiger partial charge in [-0.25, -0.2) is 9.18 Å². The fourth-order valence-electron chi connectivity index (χ4n) is 3.41. The van der Waals surface area contributed by atoms with Gasteiger partial charge in [0.1, 0.15) is 11.9 Å². The minimum Gasteiger partial charge on any atom is -0.481 e. The van der Waals surface area contributed by atoms with Gasteiger partial charge in [-0.3, -0.25) is 19.3 Å². The van der Waals surface area contributed by atoms with Gasteiger partial charge in [0.05, 0.1) is 31.2 Å². The van der Waals surface area contributed by atoms with E-state index in [9.17, 15) is 23.6 Å². The monoisotopic (exact) mass is 472 g/mol. The zero-order valence-corrected chi connectivity index (χ0v) is 18.4. The number of halogens is 1. The lowest BCUT2D eigenvalue weighted by Gasteiger charge is -2.15. The Labute approximate surface area is 194 Å². The number of carboxylic acid groups (broad SMARTS) is 1. The number of carbonyl (C=O) groups is 4. The van der Waals surface area contributed by atoms with Crippen molar-refractivity contribution in [3.8, 4) is 11.1 Å². The molecule has 2 aromatic rings. The van der Waals surface area contributed by atoms with Gasteiger partial charge in [0.25, 0.3) is 0 Å². The molecule has 2 atom stereocenters. The van der Waals surface area contributed by atoms with Gasteiger partial charge >= 0.3 is 12.1 Å². The van der Waals surface area contributed by atoms with E-state index in [4.69, 9.17) is 15.6 Å². The Morgan fingerprint density at radius 1 is 1.21 bits per heavy atom. The zero-order valence-electron chi connectivity index (χ0n) is 18.4. The first-order chi connectivity index (χ1) is 16.1. The van der Waals surface area contributed by atoms with Crippen LogP contribution in [0.15, 0.2) is 42.5 Å². The third-order valence-corrected chi connectivity index (χ3v) is 5.18. The van der Waals surface area contributed by atoms with Crippen LogP contribution in [0.5, 0.6) is 0 Å². The van der Waals surface area contributed by atoms with Gasteiger partial charge in [-0.05, 0) is 29.3 Å². The summed E-state index contributed by atoms with van der Waals surface area (Å²) in [5.41, 5.74) is 7.50. The quantitative estimate of drug-likeness (QED) is 0.430. The van der Waals surface area contributed by atoms with Crippen LogP contribution in [0.25, 0.3) is 11.1 Å². The number of amides is 3. The van der Waals surface area contributed by atoms with E-state index < -0.39 is 42.4 Å². The van der Waals surface area contributed by atoms with E-state index in [-0.39, 0.29) is 25.5 Å². The van der Waals surface area contributed by atoms with Crippen molar-refractivity contribution in [1.29, 1.82) is 0 Å². The number of rotatable bonds is 9. The van der Waals surface area contributed by atoms with Crippen LogP contribution >= 0.6 is 0 Å². The number of carbonyl (C=O) groups excluding carboxylic acids is 3. The molecule has 10 nitrogen and oxygen atoms in total. The highest BCUT2D eigenvalue weighted by molar-refractivity contribution is 5.90. The molecular formula is C23H25FN4O6. The highest BCUT2D eigenvalue weighted by atomic mass is 19.1. The number of nitrogens with one attached hydrogen (secondary N) is 2. The van der Waals surface area contributed by atoms with Crippen molar-refractivity contribution in [2.75, 3.05) is 18.0 Å². The Balaban J connectivity index is 1.62. The highest BCUT2D eigenvalue weighted by Crippen LogP contribution is 2.29. The van der Waals surface area contributed by atoms with Gasteiger partial charge in [0.2, 0.25) is 11.8 Å². The van der Waals surface area contributed by atoms with Crippen LogP contribution in [0.2, 0.25) is 0 Å². The molecule has 0 unspecified atom stereocenters. The number of aliphatic carboxylic acids is 1. The molecule has 0 bridgehead atoms. The van der Waals surface area contributed by atoms with E-state index in [0.29, 0.717) is 16.8 Å². The number of ether oxygens (including phenoxy) is 1. The summed E-state index contributed by atoms with van der Waals surface area (Å²) >= 11 is 0. The Morgan fingerprint density at radius 3 is 2.53 bits per heavy atom. The van der Waals surface area contributed by atoms with Crippen molar-refractivity contribution in [3.63, 3.8) is 0 Å². The molecule has 0 saturated carbocycles. The fourth-order valence-corrected chi connectivity index (χ4v) is 3.41. The van der Waals surface area contributed by atoms with E-state index in [0.717, 1.165) is 5.56 Å². The summed E-state index contributed by atoms with van der Waals surface area (Å²) in [5, 5.41) is 13.8. The zero-order chi connectivity index (χ0) is 24.8. The molecule has 0 aliphatic carbocycles. The van der Waals surface area contributed by atoms with Gasteiger partial charge in [0.15, 0.2) is 0 Å². The number of hydrogen-bond donors (Lipinski definition) is 4. The average Bonchev–Trinajstić information content (AvgIpc) is 3.16. The van der Waals surface area contributed by atoms with E-state index in [2.05, 4.69) is 10.6 Å². The SMILES string of the molecule is CC(=O)NC[C@H]1CN(c2ccc(-c3ccc(CNC(=O)[C@@H](N)CC(=O)O)cc3)c(F)c2)C(=O)O1. The first kappa shape index (κ1) is 24.6. The first-order valence-electron chi connectivity index (χ1n) is 10.5. The molecule has 1 heterocycles. The summed E-state index contributed by atoms with van der Waals surface area (Å²) in [6.45, 7) is 1.87. The molecule has 1 fully saturated rings. The van der Waals surface area contributed by atoms with Gasteiger partial charge in [0, 0.05) is 19.0 Å². The Kier molecular flexibility index (Phi) is 7.79. The second kappa shape index (κ2) is 10.8. The van der Waals surface area contributed by atoms with Crippen molar-refractivity contribution in [2.24, 2.45) is 5.73 Å². The lowest BCUT2D eigenvalue weighted by Crippen LogP contribution is -2.41. The number of benzene rings is 2. The van der Waals surface area contributed by atoms with Crippen LogP contribution < -0.4 is 21.3 Å². The van der Waals surface area contributed by atoms with Crippen LogP contribution in [0.4, 0.5) is 14.9 Å². The summed E-state index contributed by atoms with van der Waals surface area (Å²) in [7, 11) is 0. The lowest BCUT2D eigenvalue weighted by atomic mass is 10.0. The number of nitrogens with two attached hydrogens (primary N) is 1. The number of carboxylic acids is 1. The summed E-state index contributed by atoms with van der Waals surface area (Å²) in [6, 6.07) is 10.0. The molecule has 1 aliphatic heterocycles. The highest BCUT2D eigenvalue weighted by Gasteiger charge is 2.32. The first-order valence-corrected chi connectivity index (χ1v) is 10.5. The molecule has 0 aromatic heterocycles. The van der Waals surface area contributed by atoms with Crippen molar-refractivity contribution in [1.82, 2.24) is 10.6 Å². The predicted molar refractivity (Wildman–Crippen MR) is 120 cm³/mol. The smallest absolute Gasteiger partial charge is 0.414 e. The molecule has 11 heteroatoms.